The highest BCUT2D eigenvalue weighted by Crippen LogP contribution is 2.34. The third-order valence-electron chi connectivity index (χ3n) is 4.95. The number of hydrogen-bond donors (Lipinski definition) is 1. The number of hydrogen-bond acceptors (Lipinski definition) is 4. The molecule has 3 rings (SSSR count). The monoisotopic (exact) mass is 359 g/mol. The van der Waals surface area contributed by atoms with Gasteiger partial charge >= 0.3 is 5.97 Å². The minimum atomic E-state index is -1.01. The van der Waals surface area contributed by atoms with Gasteiger partial charge in [-0.3, -0.25) is 9.59 Å². The zero-order chi connectivity index (χ0) is 18.7. The second-order valence-corrected chi connectivity index (χ2v) is 6.81. The topological polar surface area (TPSA) is 83.9 Å². The molecule has 1 fully saturated rings. The summed E-state index contributed by atoms with van der Waals surface area (Å²) in [6.07, 6.45) is 5.83. The standard InChI is InChI=1S/C20H25NO5/c1-3-14-8-9-16(26-14)15-7-5-4-6-10-21(15)20(24)19-13(2)12-25-17(19)11-18(22)23/h8-9,12,15H,3-7,10-11H2,1-2H3,(H,22,23). The van der Waals surface area contributed by atoms with E-state index in [2.05, 4.69) is 0 Å². The van der Waals surface area contributed by atoms with E-state index in [1.54, 1.807) is 6.92 Å². The SMILES string of the molecule is CCc1ccc(C2CCCCCN2C(=O)c2c(C)coc2CC(=O)O)o1. The van der Waals surface area contributed by atoms with E-state index in [1.165, 1.54) is 6.26 Å². The summed E-state index contributed by atoms with van der Waals surface area (Å²) in [5.74, 6) is 0.741. The molecule has 26 heavy (non-hydrogen) atoms. The van der Waals surface area contributed by atoms with Gasteiger partial charge < -0.3 is 18.8 Å². The van der Waals surface area contributed by atoms with E-state index in [0.29, 0.717) is 17.7 Å². The Kier molecular flexibility index (Phi) is 5.49. The molecule has 0 spiro atoms. The second-order valence-electron chi connectivity index (χ2n) is 6.81. The lowest BCUT2D eigenvalue weighted by Gasteiger charge is -2.29. The van der Waals surface area contributed by atoms with Crippen molar-refractivity contribution in [2.75, 3.05) is 6.54 Å². The van der Waals surface area contributed by atoms with Crippen LogP contribution < -0.4 is 0 Å². The number of nitrogens with zero attached hydrogens (tertiary/aromatic N) is 1. The van der Waals surface area contributed by atoms with Crippen molar-refractivity contribution in [1.29, 1.82) is 0 Å². The molecule has 1 saturated heterocycles. The molecule has 0 radical (unpaired) electrons. The van der Waals surface area contributed by atoms with Crippen molar-refractivity contribution in [3.8, 4) is 0 Å². The molecule has 1 N–H and O–H groups in total. The van der Waals surface area contributed by atoms with Crippen LogP contribution in [0.2, 0.25) is 0 Å². The van der Waals surface area contributed by atoms with Gasteiger partial charge in [0.05, 0.1) is 17.9 Å². The summed E-state index contributed by atoms with van der Waals surface area (Å²) in [7, 11) is 0. The van der Waals surface area contributed by atoms with E-state index >= 15 is 0 Å². The number of aryl methyl sites for hydroxylation is 2. The van der Waals surface area contributed by atoms with Gasteiger partial charge in [-0.25, -0.2) is 0 Å². The Morgan fingerprint density at radius 3 is 2.77 bits per heavy atom. The average Bonchev–Trinajstić information content (AvgIpc) is 3.13. The molecule has 0 aliphatic carbocycles. The summed E-state index contributed by atoms with van der Waals surface area (Å²) in [6.45, 7) is 4.44. The van der Waals surface area contributed by atoms with Crippen molar-refractivity contribution in [2.24, 2.45) is 0 Å². The Morgan fingerprint density at radius 1 is 1.27 bits per heavy atom. The molecular formula is C20H25NO5. The molecule has 6 nitrogen and oxygen atoms in total. The van der Waals surface area contributed by atoms with Crippen LogP contribution in [0.25, 0.3) is 0 Å². The molecule has 1 amide bonds. The van der Waals surface area contributed by atoms with E-state index in [4.69, 9.17) is 13.9 Å². The van der Waals surface area contributed by atoms with Gasteiger partial charge in [0.2, 0.25) is 0 Å². The molecule has 6 heteroatoms. The van der Waals surface area contributed by atoms with Crippen molar-refractivity contribution in [3.05, 3.63) is 46.8 Å². The third-order valence-corrected chi connectivity index (χ3v) is 4.95. The van der Waals surface area contributed by atoms with Gasteiger partial charge in [-0.05, 0) is 31.9 Å². The first-order valence-electron chi connectivity index (χ1n) is 9.19. The summed E-state index contributed by atoms with van der Waals surface area (Å²) in [6, 6.07) is 3.79. The summed E-state index contributed by atoms with van der Waals surface area (Å²) in [4.78, 5) is 26.3. The van der Waals surface area contributed by atoms with Gasteiger partial charge in [0.1, 0.15) is 23.7 Å². The van der Waals surface area contributed by atoms with E-state index < -0.39 is 5.97 Å². The Morgan fingerprint density at radius 2 is 2.08 bits per heavy atom. The fraction of sp³-hybridized carbons (Fsp3) is 0.500. The Bertz CT molecular complexity index is 788. The normalized spacial score (nSPS) is 17.9. The van der Waals surface area contributed by atoms with Crippen LogP contribution in [0.3, 0.4) is 0 Å². The predicted molar refractivity (Wildman–Crippen MR) is 95.1 cm³/mol. The number of carboxylic acids is 1. The fourth-order valence-electron chi connectivity index (χ4n) is 3.61. The van der Waals surface area contributed by atoms with Gasteiger partial charge in [0, 0.05) is 18.5 Å². The predicted octanol–water partition coefficient (Wildman–Crippen LogP) is 4.13. The van der Waals surface area contributed by atoms with Crippen molar-refractivity contribution >= 4 is 11.9 Å². The maximum Gasteiger partial charge on any atom is 0.311 e. The largest absolute Gasteiger partial charge is 0.481 e. The molecule has 2 aromatic heterocycles. The van der Waals surface area contributed by atoms with Crippen LogP contribution in [0.4, 0.5) is 0 Å². The van der Waals surface area contributed by atoms with Gasteiger partial charge in [-0.1, -0.05) is 19.8 Å². The molecule has 1 aliphatic heterocycles. The minimum absolute atomic E-state index is 0.128. The molecule has 0 bridgehead atoms. The lowest BCUT2D eigenvalue weighted by atomic mass is 10.0. The van der Waals surface area contributed by atoms with Gasteiger partial charge in [-0.2, -0.15) is 0 Å². The quantitative estimate of drug-likeness (QED) is 0.868. The molecule has 0 aromatic carbocycles. The molecule has 3 heterocycles. The number of carboxylic acid groups (broad SMARTS) is 1. The first-order chi connectivity index (χ1) is 12.5. The average molecular weight is 359 g/mol. The van der Waals surface area contributed by atoms with Crippen LogP contribution in [0, 0.1) is 6.92 Å². The van der Waals surface area contributed by atoms with Crippen LogP contribution in [0.15, 0.2) is 27.2 Å². The molecule has 1 unspecified atom stereocenters. The Balaban J connectivity index is 1.94. The Labute approximate surface area is 152 Å². The number of likely N-dealkylation sites (tertiary alicyclic amines) is 1. The first-order valence-corrected chi connectivity index (χ1v) is 9.19. The first kappa shape index (κ1) is 18.3. The van der Waals surface area contributed by atoms with Crippen molar-refractivity contribution in [2.45, 2.75) is 58.4 Å². The zero-order valence-corrected chi connectivity index (χ0v) is 15.3. The maximum atomic E-state index is 13.3. The highest BCUT2D eigenvalue weighted by molar-refractivity contribution is 5.97. The number of rotatable bonds is 5. The molecular weight excluding hydrogens is 334 g/mol. The fourth-order valence-corrected chi connectivity index (χ4v) is 3.61. The Hall–Kier alpha value is -2.50. The second kappa shape index (κ2) is 7.81. The number of furan rings is 2. The maximum absolute atomic E-state index is 13.3. The van der Waals surface area contributed by atoms with Crippen LogP contribution in [-0.4, -0.2) is 28.4 Å². The van der Waals surface area contributed by atoms with Crippen LogP contribution >= 0.6 is 0 Å². The highest BCUT2D eigenvalue weighted by atomic mass is 16.4. The van der Waals surface area contributed by atoms with E-state index in [-0.39, 0.29) is 24.1 Å². The summed E-state index contributed by atoms with van der Waals surface area (Å²) >= 11 is 0. The molecule has 1 atom stereocenters. The van der Waals surface area contributed by atoms with Gasteiger partial charge in [0.25, 0.3) is 5.91 Å². The lowest BCUT2D eigenvalue weighted by molar-refractivity contribution is -0.136. The molecule has 140 valence electrons. The highest BCUT2D eigenvalue weighted by Gasteiger charge is 2.33. The van der Waals surface area contributed by atoms with Gasteiger partial charge in [-0.15, -0.1) is 0 Å². The van der Waals surface area contributed by atoms with Crippen molar-refractivity contribution in [1.82, 2.24) is 4.90 Å². The molecule has 2 aromatic rings. The zero-order valence-electron chi connectivity index (χ0n) is 15.3. The van der Waals surface area contributed by atoms with Crippen LogP contribution in [0.5, 0.6) is 0 Å². The van der Waals surface area contributed by atoms with Gasteiger partial charge in [0.15, 0.2) is 0 Å². The number of carbonyl (C=O) groups is 2. The molecule has 0 saturated carbocycles. The van der Waals surface area contributed by atoms with E-state index in [1.807, 2.05) is 24.0 Å². The number of carbonyl (C=O) groups excluding carboxylic acids is 1. The van der Waals surface area contributed by atoms with Crippen LogP contribution in [0.1, 0.15) is 71.9 Å². The van der Waals surface area contributed by atoms with E-state index in [9.17, 15) is 9.59 Å². The number of amides is 1. The van der Waals surface area contributed by atoms with Crippen LogP contribution in [-0.2, 0) is 17.6 Å². The smallest absolute Gasteiger partial charge is 0.311 e. The summed E-state index contributed by atoms with van der Waals surface area (Å²) < 4.78 is 11.3. The summed E-state index contributed by atoms with van der Waals surface area (Å²) in [5, 5.41) is 9.10. The minimum Gasteiger partial charge on any atom is -0.481 e. The van der Waals surface area contributed by atoms with Crippen molar-refractivity contribution < 1.29 is 23.5 Å². The third kappa shape index (κ3) is 3.69. The van der Waals surface area contributed by atoms with E-state index in [0.717, 1.165) is 43.6 Å². The molecule has 1 aliphatic rings. The number of aliphatic carboxylic acids is 1. The van der Waals surface area contributed by atoms with Crippen molar-refractivity contribution in [3.63, 3.8) is 0 Å². The lowest BCUT2D eigenvalue weighted by Crippen LogP contribution is -2.35. The summed E-state index contributed by atoms with van der Waals surface area (Å²) in [5.41, 5.74) is 1.05.